The van der Waals surface area contributed by atoms with Gasteiger partial charge in [-0.2, -0.15) is 0 Å². The summed E-state index contributed by atoms with van der Waals surface area (Å²) in [5.74, 6) is 0. The first-order valence-corrected chi connectivity index (χ1v) is 2.14. The molecule has 1 fully saturated rings. The van der Waals surface area contributed by atoms with Crippen LogP contribution in [0.5, 0.6) is 0 Å². The van der Waals surface area contributed by atoms with E-state index in [0.717, 1.165) is 6.21 Å². The SMILES string of the molecule is ON=CC1(F)CC1. The lowest BCUT2D eigenvalue weighted by atomic mass is 10.4. The van der Waals surface area contributed by atoms with E-state index in [0.29, 0.717) is 12.8 Å². The smallest absolute Gasteiger partial charge is 0.149 e. The maximum Gasteiger partial charge on any atom is 0.149 e. The summed E-state index contributed by atoms with van der Waals surface area (Å²) in [5.41, 5.74) is -1.24. The highest BCUT2D eigenvalue weighted by molar-refractivity contribution is 5.71. The molecule has 3 heteroatoms. The number of halogens is 1. The Bertz CT molecular complexity index is 97.9. The molecule has 0 radical (unpaired) electrons. The van der Waals surface area contributed by atoms with Crippen LogP contribution in [0, 0.1) is 0 Å². The molecule has 0 bridgehead atoms. The lowest BCUT2D eigenvalue weighted by molar-refractivity contribution is 0.310. The highest BCUT2D eigenvalue weighted by Crippen LogP contribution is 2.37. The van der Waals surface area contributed by atoms with Crippen LogP contribution in [0.4, 0.5) is 4.39 Å². The molecule has 0 aromatic carbocycles. The van der Waals surface area contributed by atoms with Crippen LogP contribution in [-0.4, -0.2) is 17.1 Å². The lowest BCUT2D eigenvalue weighted by Crippen LogP contribution is -1.98. The highest BCUT2D eigenvalue weighted by atomic mass is 19.1. The van der Waals surface area contributed by atoms with E-state index in [-0.39, 0.29) is 0 Å². The molecule has 0 spiro atoms. The van der Waals surface area contributed by atoms with Crippen molar-refractivity contribution in [2.45, 2.75) is 18.5 Å². The van der Waals surface area contributed by atoms with Crippen LogP contribution in [-0.2, 0) is 0 Å². The van der Waals surface area contributed by atoms with Crippen molar-refractivity contribution in [1.29, 1.82) is 0 Å². The zero-order valence-corrected chi connectivity index (χ0v) is 3.76. The van der Waals surface area contributed by atoms with Crippen LogP contribution >= 0.6 is 0 Å². The maximum atomic E-state index is 12.2. The van der Waals surface area contributed by atoms with Crippen molar-refractivity contribution in [2.75, 3.05) is 0 Å². The molecule has 0 saturated heterocycles. The molecule has 0 unspecified atom stereocenters. The van der Waals surface area contributed by atoms with Crippen LogP contribution in [0.25, 0.3) is 0 Å². The van der Waals surface area contributed by atoms with Gasteiger partial charge in [0.25, 0.3) is 0 Å². The van der Waals surface area contributed by atoms with Crippen LogP contribution in [0.15, 0.2) is 5.16 Å². The minimum Gasteiger partial charge on any atom is -0.411 e. The summed E-state index contributed by atoms with van der Waals surface area (Å²) in [6, 6.07) is 0. The topological polar surface area (TPSA) is 32.6 Å². The van der Waals surface area contributed by atoms with E-state index in [4.69, 9.17) is 5.21 Å². The Kier molecular flexibility index (Phi) is 0.770. The normalized spacial score (nSPS) is 25.9. The molecule has 0 aromatic rings. The summed E-state index contributed by atoms with van der Waals surface area (Å²) < 4.78 is 12.2. The van der Waals surface area contributed by atoms with Crippen LogP contribution < -0.4 is 0 Å². The number of hydrogen-bond acceptors (Lipinski definition) is 2. The quantitative estimate of drug-likeness (QED) is 0.299. The summed E-state index contributed by atoms with van der Waals surface area (Å²) in [5, 5.41) is 10.3. The zero-order chi connectivity index (χ0) is 5.33. The van der Waals surface area contributed by atoms with Crippen molar-refractivity contribution < 1.29 is 9.60 Å². The van der Waals surface area contributed by atoms with E-state index in [1.54, 1.807) is 0 Å². The minimum atomic E-state index is -1.24. The first kappa shape index (κ1) is 4.56. The molecular weight excluding hydrogens is 97.0 g/mol. The second-order valence-electron chi connectivity index (χ2n) is 1.78. The van der Waals surface area contributed by atoms with Crippen LogP contribution in [0.2, 0.25) is 0 Å². The molecule has 1 saturated carbocycles. The van der Waals surface area contributed by atoms with Crippen molar-refractivity contribution in [1.82, 2.24) is 0 Å². The summed E-state index contributed by atoms with van der Waals surface area (Å²) in [6.07, 6.45) is 1.96. The number of hydrogen-bond donors (Lipinski definition) is 1. The molecule has 1 aliphatic rings. The van der Waals surface area contributed by atoms with Crippen molar-refractivity contribution >= 4 is 6.21 Å². The molecule has 0 aliphatic heterocycles. The molecule has 0 aromatic heterocycles. The van der Waals surface area contributed by atoms with Gasteiger partial charge in [-0.1, -0.05) is 5.16 Å². The fourth-order valence-electron chi connectivity index (χ4n) is 0.352. The Morgan fingerprint density at radius 1 is 1.71 bits per heavy atom. The predicted molar refractivity (Wildman–Crippen MR) is 23.4 cm³/mol. The second-order valence-corrected chi connectivity index (χ2v) is 1.78. The van der Waals surface area contributed by atoms with Gasteiger partial charge < -0.3 is 5.21 Å². The lowest BCUT2D eigenvalue weighted by Gasteiger charge is -1.85. The summed E-state index contributed by atoms with van der Waals surface area (Å²) in [7, 11) is 0. The Morgan fingerprint density at radius 2 is 2.29 bits per heavy atom. The van der Waals surface area contributed by atoms with Gasteiger partial charge in [0, 0.05) is 0 Å². The number of alkyl halides is 1. The highest BCUT2D eigenvalue weighted by Gasteiger charge is 2.41. The molecule has 1 N–H and O–H groups in total. The molecule has 40 valence electrons. The van der Waals surface area contributed by atoms with Gasteiger partial charge in [0.05, 0.1) is 6.21 Å². The van der Waals surface area contributed by atoms with E-state index in [2.05, 4.69) is 5.16 Å². The van der Waals surface area contributed by atoms with E-state index >= 15 is 0 Å². The van der Waals surface area contributed by atoms with Gasteiger partial charge in [0.2, 0.25) is 0 Å². The molecule has 0 amide bonds. The first-order chi connectivity index (χ1) is 3.27. The van der Waals surface area contributed by atoms with Crippen molar-refractivity contribution in [2.24, 2.45) is 5.16 Å². The van der Waals surface area contributed by atoms with Crippen molar-refractivity contribution in [3.8, 4) is 0 Å². The number of nitrogens with zero attached hydrogens (tertiary/aromatic N) is 1. The fourth-order valence-corrected chi connectivity index (χ4v) is 0.352. The van der Waals surface area contributed by atoms with E-state index < -0.39 is 5.67 Å². The van der Waals surface area contributed by atoms with Gasteiger partial charge in [-0.3, -0.25) is 0 Å². The van der Waals surface area contributed by atoms with Gasteiger partial charge in [0.15, 0.2) is 0 Å². The third-order valence-electron chi connectivity index (χ3n) is 1.02. The van der Waals surface area contributed by atoms with E-state index in [9.17, 15) is 4.39 Å². The summed E-state index contributed by atoms with van der Waals surface area (Å²) in [4.78, 5) is 0. The summed E-state index contributed by atoms with van der Waals surface area (Å²) in [6.45, 7) is 0. The maximum absolute atomic E-state index is 12.2. The first-order valence-electron chi connectivity index (χ1n) is 2.14. The largest absolute Gasteiger partial charge is 0.411 e. The minimum absolute atomic E-state index is 0.511. The monoisotopic (exact) mass is 103 g/mol. The Labute approximate surface area is 40.6 Å². The average molecular weight is 103 g/mol. The molecule has 0 atom stereocenters. The van der Waals surface area contributed by atoms with Gasteiger partial charge >= 0.3 is 0 Å². The second kappa shape index (κ2) is 1.18. The van der Waals surface area contributed by atoms with Gasteiger partial charge in [0.1, 0.15) is 5.67 Å². The molecular formula is C4H6FNO. The molecule has 0 heterocycles. The number of oxime groups is 1. The Balaban J connectivity index is 2.40. The van der Waals surface area contributed by atoms with Gasteiger partial charge in [-0.25, -0.2) is 4.39 Å². The molecule has 1 rings (SSSR count). The van der Waals surface area contributed by atoms with Crippen molar-refractivity contribution in [3.63, 3.8) is 0 Å². The van der Waals surface area contributed by atoms with Gasteiger partial charge in [-0.15, -0.1) is 0 Å². The van der Waals surface area contributed by atoms with Crippen molar-refractivity contribution in [3.05, 3.63) is 0 Å². The Morgan fingerprint density at radius 3 is 2.43 bits per heavy atom. The van der Waals surface area contributed by atoms with E-state index in [1.807, 2.05) is 0 Å². The predicted octanol–water partition coefficient (Wildman–Crippen LogP) is 0.949. The van der Waals surface area contributed by atoms with Crippen LogP contribution in [0.3, 0.4) is 0 Å². The summed E-state index contributed by atoms with van der Waals surface area (Å²) >= 11 is 0. The molecule has 2 nitrogen and oxygen atoms in total. The zero-order valence-electron chi connectivity index (χ0n) is 3.76. The number of rotatable bonds is 1. The molecule has 1 aliphatic carbocycles. The Hall–Kier alpha value is -0.600. The standard InChI is InChI=1S/C4H6FNO/c5-4(1-2-4)3-6-7/h3,7H,1-2H2. The third kappa shape index (κ3) is 0.885. The third-order valence-corrected chi connectivity index (χ3v) is 1.02. The van der Waals surface area contributed by atoms with E-state index in [1.165, 1.54) is 0 Å². The fraction of sp³-hybridized carbons (Fsp3) is 0.750. The average Bonchev–Trinajstić information content (AvgIpc) is 2.22. The van der Waals surface area contributed by atoms with Gasteiger partial charge in [-0.05, 0) is 12.8 Å². The molecule has 7 heavy (non-hydrogen) atoms. The van der Waals surface area contributed by atoms with Crippen LogP contribution in [0.1, 0.15) is 12.8 Å².